The second-order valence-electron chi connectivity index (χ2n) is 11.1. The lowest BCUT2D eigenvalue weighted by molar-refractivity contribution is -0.144. The van der Waals surface area contributed by atoms with E-state index < -0.39 is 0 Å². The molecule has 1 aromatic rings. The molecule has 0 unspecified atom stereocenters. The molecule has 0 aliphatic carbocycles. The summed E-state index contributed by atoms with van der Waals surface area (Å²) in [6.45, 7) is 13.7. The van der Waals surface area contributed by atoms with Crippen LogP contribution in [0.1, 0.15) is 64.4 Å². The molecule has 1 aromatic carbocycles. The number of hydrogen-bond acceptors (Lipinski definition) is 12. The largest absolute Gasteiger partial charge is 0.491 e. The van der Waals surface area contributed by atoms with E-state index >= 15 is 0 Å². The molecule has 0 N–H and O–H groups in total. The Hall–Kier alpha value is -1.87. The molecule has 1 rings (SSSR count). The zero-order chi connectivity index (χ0) is 35.1. The smallest absolute Gasteiger partial charge is 0.308 e. The summed E-state index contributed by atoms with van der Waals surface area (Å²) in [5, 5.41) is 0. The van der Waals surface area contributed by atoms with Crippen LogP contribution in [0, 0.1) is 0 Å². The van der Waals surface area contributed by atoms with Crippen LogP contribution in [0.3, 0.4) is 0 Å². The van der Waals surface area contributed by atoms with E-state index in [9.17, 15) is 4.79 Å². The molecule has 12 heteroatoms. The predicted molar refractivity (Wildman–Crippen MR) is 188 cm³/mol. The molecule has 0 aromatic heterocycles. The molecule has 0 heterocycles. The summed E-state index contributed by atoms with van der Waals surface area (Å²) in [6, 6.07) is 8.42. The lowest BCUT2D eigenvalue weighted by atomic mass is 10.0. The van der Waals surface area contributed by atoms with E-state index in [0.717, 1.165) is 12.2 Å². The number of unbranched alkanes of at least 4 members (excludes halogenated alkanes) is 5. The van der Waals surface area contributed by atoms with Gasteiger partial charge in [0.1, 0.15) is 12.4 Å². The zero-order valence-corrected chi connectivity index (χ0v) is 30.5. The Morgan fingerprint density at radius 2 is 0.816 bits per heavy atom. The van der Waals surface area contributed by atoms with E-state index in [2.05, 4.69) is 19.1 Å². The second-order valence-corrected chi connectivity index (χ2v) is 11.1. The fraction of sp³-hybridized carbons (Fsp3) is 0.811. The molecule has 0 fully saturated rings. The van der Waals surface area contributed by atoms with Gasteiger partial charge in [0.25, 0.3) is 0 Å². The molecule has 0 aliphatic rings. The first-order valence-electron chi connectivity index (χ1n) is 18.3. The Balaban J connectivity index is 1.70. The van der Waals surface area contributed by atoms with Gasteiger partial charge in [0.2, 0.25) is 0 Å². The van der Waals surface area contributed by atoms with Crippen molar-refractivity contribution >= 4 is 5.97 Å². The minimum Gasteiger partial charge on any atom is -0.491 e. The number of carbonyl (C=O) groups is 1. The minimum atomic E-state index is -0.249. The molecular weight excluding hydrogens is 636 g/mol. The van der Waals surface area contributed by atoms with Crippen LogP contribution < -0.4 is 4.74 Å². The van der Waals surface area contributed by atoms with Gasteiger partial charge in [-0.05, 0) is 37.5 Å². The number of hydrogen-bond donors (Lipinski definition) is 0. The first-order valence-corrected chi connectivity index (χ1v) is 18.3. The molecule has 0 aliphatic heterocycles. The highest BCUT2D eigenvalue weighted by Crippen LogP contribution is 2.15. The number of benzene rings is 1. The minimum absolute atomic E-state index is 0.249. The molecule has 49 heavy (non-hydrogen) atoms. The van der Waals surface area contributed by atoms with Crippen molar-refractivity contribution in [2.45, 2.75) is 65.2 Å². The SMILES string of the molecule is CCCCCCCCc1ccc(OCCOCCOCCOCCOCCOCCOCCOCCOCCOCCC(=O)OCC)cc1. The van der Waals surface area contributed by atoms with Crippen molar-refractivity contribution in [2.75, 3.05) is 132 Å². The average molecular weight is 703 g/mol. The van der Waals surface area contributed by atoms with Crippen LogP contribution in [0.2, 0.25) is 0 Å². The van der Waals surface area contributed by atoms with E-state index in [1.165, 1.54) is 44.1 Å². The van der Waals surface area contributed by atoms with Crippen LogP contribution in [-0.4, -0.2) is 138 Å². The maximum Gasteiger partial charge on any atom is 0.308 e. The number of rotatable bonds is 39. The zero-order valence-electron chi connectivity index (χ0n) is 30.5. The molecule has 0 saturated carbocycles. The van der Waals surface area contributed by atoms with Crippen molar-refractivity contribution in [2.24, 2.45) is 0 Å². The highest BCUT2D eigenvalue weighted by atomic mass is 16.6. The molecule has 0 amide bonds. The van der Waals surface area contributed by atoms with E-state index in [1.54, 1.807) is 6.92 Å². The number of carbonyl (C=O) groups excluding carboxylic acids is 1. The van der Waals surface area contributed by atoms with Gasteiger partial charge >= 0.3 is 5.97 Å². The summed E-state index contributed by atoms with van der Waals surface area (Å²) in [5.41, 5.74) is 1.38. The van der Waals surface area contributed by atoms with Crippen LogP contribution in [0.15, 0.2) is 24.3 Å². The van der Waals surface area contributed by atoms with Gasteiger partial charge in [-0.25, -0.2) is 0 Å². The van der Waals surface area contributed by atoms with Crippen molar-refractivity contribution in [3.63, 3.8) is 0 Å². The third-order valence-corrected chi connectivity index (χ3v) is 6.97. The van der Waals surface area contributed by atoms with Crippen LogP contribution >= 0.6 is 0 Å². The van der Waals surface area contributed by atoms with Crippen molar-refractivity contribution in [1.82, 2.24) is 0 Å². The maximum absolute atomic E-state index is 11.2. The van der Waals surface area contributed by atoms with E-state index in [-0.39, 0.29) is 12.4 Å². The standard InChI is InChI=1S/C37H66O12/c1-3-5-6-7-8-9-10-35-11-13-36(14-12-35)49-34-33-47-32-31-46-30-29-45-28-27-44-26-25-43-24-23-42-22-21-41-20-19-40-18-17-39-16-15-37(38)48-4-2/h11-14H,3-10,15-34H2,1-2H3. The summed E-state index contributed by atoms with van der Waals surface area (Å²) in [5.74, 6) is 0.634. The normalized spacial score (nSPS) is 11.3. The average Bonchev–Trinajstić information content (AvgIpc) is 3.11. The van der Waals surface area contributed by atoms with Gasteiger partial charge in [0.05, 0.1) is 132 Å². The lowest BCUT2D eigenvalue weighted by Gasteiger charge is -2.09. The topological polar surface area (TPSA) is 119 Å². The van der Waals surface area contributed by atoms with Gasteiger partial charge in [0.15, 0.2) is 0 Å². The van der Waals surface area contributed by atoms with Crippen LogP contribution in [0.4, 0.5) is 0 Å². The quantitative estimate of drug-likeness (QED) is 0.0673. The maximum atomic E-state index is 11.2. The highest BCUT2D eigenvalue weighted by molar-refractivity contribution is 5.69. The second kappa shape index (κ2) is 37.4. The number of ether oxygens (including phenoxy) is 11. The summed E-state index contributed by atoms with van der Waals surface area (Å²) in [6.07, 6.45) is 9.33. The van der Waals surface area contributed by atoms with Crippen molar-refractivity contribution < 1.29 is 56.9 Å². The summed E-state index contributed by atoms with van der Waals surface area (Å²) < 4.78 is 59.8. The lowest BCUT2D eigenvalue weighted by Crippen LogP contribution is -2.15. The molecule has 12 nitrogen and oxygen atoms in total. The van der Waals surface area contributed by atoms with Crippen molar-refractivity contribution in [1.29, 1.82) is 0 Å². The molecule has 0 saturated heterocycles. The van der Waals surface area contributed by atoms with Crippen LogP contribution in [0.25, 0.3) is 0 Å². The highest BCUT2D eigenvalue weighted by Gasteiger charge is 2.01. The number of aryl methyl sites for hydroxylation is 1. The van der Waals surface area contributed by atoms with Crippen molar-refractivity contribution in [3.05, 3.63) is 29.8 Å². The Bertz CT molecular complexity index is 811. The first kappa shape index (κ1) is 45.2. The van der Waals surface area contributed by atoms with Gasteiger partial charge in [-0.2, -0.15) is 0 Å². The van der Waals surface area contributed by atoms with Crippen molar-refractivity contribution in [3.8, 4) is 5.75 Å². The summed E-state index contributed by atoms with van der Waals surface area (Å²) in [7, 11) is 0. The third kappa shape index (κ3) is 33.1. The summed E-state index contributed by atoms with van der Waals surface area (Å²) >= 11 is 0. The van der Waals surface area contributed by atoms with Gasteiger partial charge < -0.3 is 52.1 Å². The Morgan fingerprint density at radius 3 is 1.22 bits per heavy atom. The molecule has 286 valence electrons. The molecular formula is C37H66O12. The van der Waals surface area contributed by atoms with Crippen LogP contribution in [0.5, 0.6) is 5.75 Å². The Morgan fingerprint density at radius 1 is 0.449 bits per heavy atom. The molecule has 0 atom stereocenters. The van der Waals surface area contributed by atoms with Gasteiger partial charge in [0, 0.05) is 0 Å². The Kier molecular flexibility index (Phi) is 34.5. The van der Waals surface area contributed by atoms with Gasteiger partial charge in [-0.15, -0.1) is 0 Å². The third-order valence-electron chi connectivity index (χ3n) is 6.97. The van der Waals surface area contributed by atoms with Gasteiger partial charge in [-0.1, -0.05) is 51.2 Å². The van der Waals surface area contributed by atoms with Gasteiger partial charge in [-0.3, -0.25) is 4.79 Å². The van der Waals surface area contributed by atoms with E-state index in [4.69, 9.17) is 52.1 Å². The predicted octanol–water partition coefficient (Wildman–Crippen LogP) is 5.07. The monoisotopic (exact) mass is 702 g/mol. The Labute approximate surface area is 295 Å². The number of esters is 1. The van der Waals surface area contributed by atoms with E-state index in [1.807, 2.05) is 12.1 Å². The summed E-state index contributed by atoms with van der Waals surface area (Å²) in [4.78, 5) is 11.2. The van der Waals surface area contributed by atoms with Crippen LogP contribution in [-0.2, 0) is 58.6 Å². The fourth-order valence-corrected chi connectivity index (χ4v) is 4.33. The van der Waals surface area contributed by atoms with E-state index in [0.29, 0.717) is 132 Å². The molecule has 0 radical (unpaired) electrons. The fourth-order valence-electron chi connectivity index (χ4n) is 4.33. The molecule has 0 bridgehead atoms. The molecule has 0 spiro atoms. The first-order chi connectivity index (χ1) is 24.3.